The fourth-order valence-corrected chi connectivity index (χ4v) is 6.18. The number of alkyl halides is 3. The van der Waals surface area contributed by atoms with E-state index in [4.69, 9.17) is 21.4 Å². The number of carboxylic acid groups (broad SMARTS) is 1. The van der Waals surface area contributed by atoms with Gasteiger partial charge in [-0.05, 0) is 73.6 Å². The van der Waals surface area contributed by atoms with Gasteiger partial charge < -0.3 is 24.8 Å². The number of benzene rings is 2. The van der Waals surface area contributed by atoms with Crippen LogP contribution in [0.4, 0.5) is 28.0 Å². The molecule has 0 bridgehead atoms. The first-order chi connectivity index (χ1) is 18.4. The Labute approximate surface area is 224 Å². The lowest BCUT2D eigenvalue weighted by molar-refractivity contribution is -0.274. The smallest absolute Gasteiger partial charge is 0.479 e. The molecule has 39 heavy (non-hydrogen) atoms. The van der Waals surface area contributed by atoms with Gasteiger partial charge in [0.25, 0.3) is 5.91 Å². The third kappa shape index (κ3) is 5.34. The molecule has 2 N–H and O–H groups in total. The van der Waals surface area contributed by atoms with E-state index < -0.39 is 54.0 Å². The molecule has 1 aliphatic heterocycles. The van der Waals surface area contributed by atoms with E-state index in [0.717, 1.165) is 18.6 Å². The molecule has 2 amide bonds. The highest BCUT2D eigenvalue weighted by Gasteiger charge is 2.59. The van der Waals surface area contributed by atoms with Crippen LogP contribution in [-0.4, -0.2) is 47.6 Å². The Balaban J connectivity index is 1.51. The molecule has 2 aromatic rings. The van der Waals surface area contributed by atoms with Gasteiger partial charge in [-0.15, -0.1) is 13.2 Å². The standard InChI is InChI=1S/C26H23ClF4N2O6/c27-17-11-20-16(10-18(17)28)22(25(8-9-25)32-24(37)38-12-21(34)35)15-2-1-3-19(15)33(20)23(36)13-4-6-14(7-5-13)39-26(29,30)31/h4-7,10-11,15,19,22H,1-3,8-9,12H2,(H,32,37)(H,34,35). The summed E-state index contributed by atoms with van der Waals surface area (Å²) in [5.41, 5.74) is 0.101. The van der Waals surface area contributed by atoms with E-state index in [-0.39, 0.29) is 22.5 Å². The Kier molecular flexibility index (Phi) is 6.86. The molecule has 0 spiro atoms. The summed E-state index contributed by atoms with van der Waals surface area (Å²) in [6.07, 6.45) is -2.66. The Morgan fingerprint density at radius 2 is 1.82 bits per heavy atom. The maximum atomic E-state index is 14.8. The largest absolute Gasteiger partial charge is 0.573 e. The minimum absolute atomic E-state index is 0.108. The van der Waals surface area contributed by atoms with Crippen molar-refractivity contribution in [2.24, 2.45) is 5.92 Å². The number of rotatable bonds is 6. The molecule has 5 rings (SSSR count). The second-order valence-electron chi connectivity index (χ2n) is 9.96. The zero-order valence-corrected chi connectivity index (χ0v) is 21.0. The number of alkyl carbamates (subject to hydrolysis) is 1. The van der Waals surface area contributed by atoms with Crippen LogP contribution in [0, 0.1) is 11.7 Å². The van der Waals surface area contributed by atoms with E-state index in [1.807, 2.05) is 0 Å². The molecule has 1 heterocycles. The quantitative estimate of drug-likeness (QED) is 0.436. The molecule has 2 aliphatic carbocycles. The normalized spacial score (nSPS) is 22.9. The van der Waals surface area contributed by atoms with Gasteiger partial charge in [0.15, 0.2) is 6.61 Å². The monoisotopic (exact) mass is 570 g/mol. The van der Waals surface area contributed by atoms with Crippen LogP contribution < -0.4 is 15.0 Å². The molecular weight excluding hydrogens is 548 g/mol. The van der Waals surface area contributed by atoms with Gasteiger partial charge in [-0.2, -0.15) is 0 Å². The van der Waals surface area contributed by atoms with Crippen LogP contribution in [0.2, 0.25) is 5.02 Å². The van der Waals surface area contributed by atoms with Gasteiger partial charge in [0.05, 0.1) is 10.6 Å². The van der Waals surface area contributed by atoms with Crippen LogP contribution in [0.3, 0.4) is 0 Å². The average Bonchev–Trinajstić information content (AvgIpc) is 3.46. The minimum Gasteiger partial charge on any atom is -0.479 e. The fourth-order valence-electron chi connectivity index (χ4n) is 6.02. The second kappa shape index (κ2) is 9.89. The lowest BCUT2D eigenvalue weighted by atomic mass is 9.72. The molecule has 2 fully saturated rings. The van der Waals surface area contributed by atoms with E-state index in [1.165, 1.54) is 29.2 Å². The van der Waals surface area contributed by atoms with E-state index >= 15 is 0 Å². The van der Waals surface area contributed by atoms with Crippen molar-refractivity contribution in [3.63, 3.8) is 0 Å². The Morgan fingerprint density at radius 1 is 1.13 bits per heavy atom. The van der Waals surface area contributed by atoms with Crippen molar-refractivity contribution in [3.05, 3.63) is 58.4 Å². The number of fused-ring (bicyclic) bond motifs is 2. The molecule has 208 valence electrons. The lowest BCUT2D eigenvalue weighted by Gasteiger charge is -2.47. The van der Waals surface area contributed by atoms with E-state index in [1.54, 1.807) is 0 Å². The van der Waals surface area contributed by atoms with Gasteiger partial charge in [-0.3, -0.25) is 4.79 Å². The minimum atomic E-state index is -4.88. The molecule has 8 nitrogen and oxygen atoms in total. The van der Waals surface area contributed by atoms with Gasteiger partial charge in [-0.1, -0.05) is 18.0 Å². The van der Waals surface area contributed by atoms with Gasteiger partial charge in [0.1, 0.15) is 11.6 Å². The molecule has 2 aromatic carbocycles. The number of carbonyl (C=O) groups is 3. The molecule has 3 aliphatic rings. The highest BCUT2D eigenvalue weighted by Crippen LogP contribution is 2.60. The van der Waals surface area contributed by atoms with Crippen LogP contribution in [0.5, 0.6) is 5.75 Å². The Hall–Kier alpha value is -3.54. The number of carboxylic acids is 1. The van der Waals surface area contributed by atoms with Crippen molar-refractivity contribution in [1.29, 1.82) is 0 Å². The van der Waals surface area contributed by atoms with Crippen molar-refractivity contribution in [2.45, 2.75) is 56.0 Å². The number of ether oxygens (including phenoxy) is 2. The van der Waals surface area contributed by atoms with Crippen molar-refractivity contribution < 1.29 is 46.5 Å². The number of nitrogens with one attached hydrogen (secondary N) is 1. The molecule has 0 aromatic heterocycles. The molecule has 3 unspecified atom stereocenters. The lowest BCUT2D eigenvalue weighted by Crippen LogP contribution is -2.54. The number of nitrogens with zero attached hydrogens (tertiary/aromatic N) is 1. The number of aliphatic carboxylic acids is 1. The van der Waals surface area contributed by atoms with Crippen LogP contribution in [0.15, 0.2) is 36.4 Å². The highest BCUT2D eigenvalue weighted by molar-refractivity contribution is 6.31. The van der Waals surface area contributed by atoms with Crippen molar-refractivity contribution in [1.82, 2.24) is 5.32 Å². The summed E-state index contributed by atoms with van der Waals surface area (Å²) in [5.74, 6) is -3.57. The van der Waals surface area contributed by atoms with Gasteiger partial charge in [-0.25, -0.2) is 14.0 Å². The van der Waals surface area contributed by atoms with E-state index in [0.29, 0.717) is 36.9 Å². The molecule has 13 heteroatoms. The number of anilines is 1. The summed E-state index contributed by atoms with van der Waals surface area (Å²) >= 11 is 6.14. The maximum absolute atomic E-state index is 14.8. The van der Waals surface area contributed by atoms with Gasteiger partial charge >= 0.3 is 18.4 Å². The van der Waals surface area contributed by atoms with Gasteiger partial charge in [0, 0.05) is 23.2 Å². The first-order valence-corrected chi connectivity index (χ1v) is 12.6. The molecule has 3 atom stereocenters. The number of amides is 2. The molecule has 0 radical (unpaired) electrons. The number of halogens is 5. The zero-order chi connectivity index (χ0) is 28.1. The summed E-state index contributed by atoms with van der Waals surface area (Å²) in [4.78, 5) is 38.5. The third-order valence-corrected chi connectivity index (χ3v) is 7.86. The maximum Gasteiger partial charge on any atom is 0.573 e. The predicted octanol–water partition coefficient (Wildman–Crippen LogP) is 5.63. The summed E-state index contributed by atoms with van der Waals surface area (Å²) in [6, 6.07) is 6.80. The van der Waals surface area contributed by atoms with Crippen LogP contribution in [0.1, 0.15) is 53.9 Å². The number of carbonyl (C=O) groups excluding carboxylic acids is 2. The summed E-state index contributed by atoms with van der Waals surface area (Å²) in [7, 11) is 0. The van der Waals surface area contributed by atoms with Crippen LogP contribution in [-0.2, 0) is 9.53 Å². The van der Waals surface area contributed by atoms with Gasteiger partial charge in [0.2, 0.25) is 0 Å². The number of hydrogen-bond acceptors (Lipinski definition) is 5. The predicted molar refractivity (Wildman–Crippen MR) is 129 cm³/mol. The molecular formula is C26H23ClF4N2O6. The van der Waals surface area contributed by atoms with Crippen molar-refractivity contribution in [2.75, 3.05) is 11.5 Å². The highest BCUT2D eigenvalue weighted by atomic mass is 35.5. The zero-order valence-electron chi connectivity index (χ0n) is 20.3. The van der Waals surface area contributed by atoms with Crippen LogP contribution >= 0.6 is 11.6 Å². The second-order valence-corrected chi connectivity index (χ2v) is 10.4. The topological polar surface area (TPSA) is 105 Å². The molecule has 2 saturated carbocycles. The van der Waals surface area contributed by atoms with E-state index in [9.17, 15) is 31.9 Å². The summed E-state index contributed by atoms with van der Waals surface area (Å²) in [5, 5.41) is 11.4. The summed E-state index contributed by atoms with van der Waals surface area (Å²) < 4.78 is 61.2. The van der Waals surface area contributed by atoms with Crippen molar-refractivity contribution in [3.8, 4) is 5.75 Å². The Bertz CT molecular complexity index is 1310. The van der Waals surface area contributed by atoms with Crippen LogP contribution in [0.25, 0.3) is 0 Å². The number of hydrogen-bond donors (Lipinski definition) is 2. The summed E-state index contributed by atoms with van der Waals surface area (Å²) in [6.45, 7) is -0.811. The third-order valence-electron chi connectivity index (χ3n) is 7.57. The Morgan fingerprint density at radius 3 is 2.44 bits per heavy atom. The van der Waals surface area contributed by atoms with E-state index in [2.05, 4.69) is 10.1 Å². The first-order valence-electron chi connectivity index (χ1n) is 12.2. The molecule has 0 saturated heterocycles. The average molecular weight is 571 g/mol. The first kappa shape index (κ1) is 27.0. The van der Waals surface area contributed by atoms with Crippen molar-refractivity contribution >= 4 is 35.3 Å². The SMILES string of the molecule is O=C(O)COC(=O)NC1(C2c3cc(F)c(Cl)cc3N(C(=O)c3ccc(OC(F)(F)F)cc3)C3CCCC32)CC1. The fraction of sp³-hybridized carbons (Fsp3) is 0.423.